The van der Waals surface area contributed by atoms with Crippen molar-refractivity contribution in [1.82, 2.24) is 14.2 Å². The van der Waals surface area contributed by atoms with E-state index in [1.807, 2.05) is 6.92 Å². The van der Waals surface area contributed by atoms with Gasteiger partial charge in [-0.15, -0.1) is 0 Å². The van der Waals surface area contributed by atoms with Crippen molar-refractivity contribution in [1.29, 1.82) is 0 Å². The van der Waals surface area contributed by atoms with Crippen molar-refractivity contribution in [3.05, 3.63) is 22.4 Å². The van der Waals surface area contributed by atoms with Crippen molar-refractivity contribution < 1.29 is 8.42 Å². The summed E-state index contributed by atoms with van der Waals surface area (Å²) in [5.74, 6) is 0. The first-order chi connectivity index (χ1) is 9.89. The Hall–Kier alpha value is -0.400. The summed E-state index contributed by atoms with van der Waals surface area (Å²) in [6.45, 7) is 4.32. The second-order valence-corrected chi connectivity index (χ2v) is 8.31. The van der Waals surface area contributed by atoms with E-state index < -0.39 is 10.0 Å². The maximum atomic E-state index is 12.8. The molecule has 0 N–H and O–H groups in total. The first-order valence-electron chi connectivity index (χ1n) is 6.96. The summed E-state index contributed by atoms with van der Waals surface area (Å²) >= 11 is 11.7. The van der Waals surface area contributed by atoms with E-state index in [0.29, 0.717) is 12.6 Å². The minimum absolute atomic E-state index is 0.0567. The molecule has 0 aliphatic carbocycles. The number of sulfonamides is 1. The van der Waals surface area contributed by atoms with E-state index in [1.165, 1.54) is 12.3 Å². The fraction of sp³-hybridized carbons (Fsp3) is 0.615. The smallest absolute Gasteiger partial charge is 0.245 e. The fourth-order valence-corrected chi connectivity index (χ4v) is 5.14. The molecule has 2 aliphatic heterocycles. The topological polar surface area (TPSA) is 53.5 Å². The quantitative estimate of drug-likeness (QED) is 0.768. The average molecular weight is 350 g/mol. The highest BCUT2D eigenvalue weighted by molar-refractivity contribution is 7.89. The highest BCUT2D eigenvalue weighted by Crippen LogP contribution is 2.30. The summed E-state index contributed by atoms with van der Waals surface area (Å²) in [5.41, 5.74) is 0. The number of halogens is 2. The Morgan fingerprint density at radius 2 is 2.10 bits per heavy atom. The highest BCUT2D eigenvalue weighted by atomic mass is 35.5. The maximum Gasteiger partial charge on any atom is 0.245 e. The van der Waals surface area contributed by atoms with E-state index in [1.54, 1.807) is 4.31 Å². The molecule has 2 saturated heterocycles. The number of fused-ring (bicyclic) bond motifs is 1. The summed E-state index contributed by atoms with van der Waals surface area (Å²) in [6, 6.07) is 1.64. The summed E-state index contributed by atoms with van der Waals surface area (Å²) in [4.78, 5) is 6.33. The Bertz CT molecular complexity index is 653. The van der Waals surface area contributed by atoms with Gasteiger partial charge in [-0.25, -0.2) is 13.4 Å². The molecular weight excluding hydrogens is 333 g/mol. The van der Waals surface area contributed by atoms with Gasteiger partial charge in [0.1, 0.15) is 10.0 Å². The highest BCUT2D eigenvalue weighted by Gasteiger charge is 2.40. The van der Waals surface area contributed by atoms with Crippen LogP contribution in [-0.4, -0.2) is 54.3 Å². The first kappa shape index (κ1) is 15.5. The second kappa shape index (κ2) is 5.66. The molecule has 3 rings (SSSR count). The molecule has 116 valence electrons. The fourth-order valence-electron chi connectivity index (χ4n) is 3.18. The zero-order valence-corrected chi connectivity index (χ0v) is 14.0. The van der Waals surface area contributed by atoms with E-state index >= 15 is 0 Å². The molecule has 2 aliphatic rings. The molecule has 21 heavy (non-hydrogen) atoms. The van der Waals surface area contributed by atoms with Gasteiger partial charge >= 0.3 is 0 Å². The van der Waals surface area contributed by atoms with Gasteiger partial charge in [-0.2, -0.15) is 4.31 Å². The molecule has 3 heterocycles. The van der Waals surface area contributed by atoms with Crippen LogP contribution in [0.15, 0.2) is 17.2 Å². The number of rotatable bonds is 2. The zero-order valence-electron chi connectivity index (χ0n) is 11.7. The van der Waals surface area contributed by atoms with Crippen LogP contribution in [0.2, 0.25) is 10.2 Å². The van der Waals surface area contributed by atoms with Gasteiger partial charge in [-0.05, 0) is 32.4 Å². The van der Waals surface area contributed by atoms with Crippen molar-refractivity contribution >= 4 is 33.2 Å². The molecule has 1 aromatic heterocycles. The van der Waals surface area contributed by atoms with Gasteiger partial charge in [-0.3, -0.25) is 4.90 Å². The molecule has 0 spiro atoms. The molecular formula is C13H17Cl2N3O2S. The molecule has 8 heteroatoms. The van der Waals surface area contributed by atoms with Crippen LogP contribution in [0.1, 0.15) is 19.8 Å². The largest absolute Gasteiger partial charge is 0.297 e. The van der Waals surface area contributed by atoms with Crippen LogP contribution in [0.3, 0.4) is 0 Å². The second-order valence-electron chi connectivity index (χ2n) is 5.66. The molecule has 2 unspecified atom stereocenters. The van der Waals surface area contributed by atoms with E-state index in [2.05, 4.69) is 9.88 Å². The van der Waals surface area contributed by atoms with Crippen molar-refractivity contribution in [2.24, 2.45) is 0 Å². The molecule has 0 aromatic carbocycles. The third-order valence-electron chi connectivity index (χ3n) is 4.26. The Balaban J connectivity index is 1.91. The van der Waals surface area contributed by atoms with Gasteiger partial charge in [0.15, 0.2) is 0 Å². The number of nitrogens with zero attached hydrogens (tertiary/aromatic N) is 3. The van der Waals surface area contributed by atoms with Crippen LogP contribution in [0.25, 0.3) is 0 Å². The van der Waals surface area contributed by atoms with E-state index in [4.69, 9.17) is 23.2 Å². The summed E-state index contributed by atoms with van der Waals surface area (Å²) < 4.78 is 27.2. The van der Waals surface area contributed by atoms with Crippen molar-refractivity contribution in [3.8, 4) is 0 Å². The SMILES string of the molecule is CC1CN2CCCC2CN1S(=O)(=O)c1cnc(Cl)c(Cl)c1. The van der Waals surface area contributed by atoms with E-state index in [0.717, 1.165) is 25.9 Å². The molecule has 0 radical (unpaired) electrons. The molecule has 2 atom stereocenters. The third kappa shape index (κ3) is 2.80. The van der Waals surface area contributed by atoms with Crippen LogP contribution < -0.4 is 0 Å². The van der Waals surface area contributed by atoms with E-state index in [-0.39, 0.29) is 21.1 Å². The number of hydrogen-bond donors (Lipinski definition) is 0. The zero-order chi connectivity index (χ0) is 15.2. The van der Waals surface area contributed by atoms with Gasteiger partial charge in [-0.1, -0.05) is 23.2 Å². The van der Waals surface area contributed by atoms with Crippen molar-refractivity contribution in [2.75, 3.05) is 19.6 Å². The van der Waals surface area contributed by atoms with Crippen LogP contribution in [-0.2, 0) is 10.0 Å². The summed E-state index contributed by atoms with van der Waals surface area (Å²) in [7, 11) is -3.59. The Morgan fingerprint density at radius 3 is 2.81 bits per heavy atom. The Kier molecular flexibility index (Phi) is 4.18. The predicted molar refractivity (Wildman–Crippen MR) is 82.2 cm³/mol. The number of aromatic nitrogens is 1. The summed E-state index contributed by atoms with van der Waals surface area (Å²) in [6.07, 6.45) is 3.47. The lowest BCUT2D eigenvalue weighted by molar-refractivity contribution is 0.117. The van der Waals surface area contributed by atoms with Gasteiger partial charge in [0.25, 0.3) is 0 Å². The molecule has 0 bridgehead atoms. The average Bonchev–Trinajstić information content (AvgIpc) is 2.87. The minimum Gasteiger partial charge on any atom is -0.297 e. The Morgan fingerprint density at radius 1 is 1.33 bits per heavy atom. The first-order valence-corrected chi connectivity index (χ1v) is 9.16. The standard InChI is InChI=1S/C13H17Cl2N3O2S/c1-9-7-17-4-2-3-10(17)8-18(9)21(19,20)11-5-12(14)13(15)16-6-11/h5-6,9-10H,2-4,7-8H2,1H3. The Labute approximate surface area is 134 Å². The van der Waals surface area contributed by atoms with Crippen LogP contribution in [0, 0.1) is 0 Å². The van der Waals surface area contributed by atoms with Crippen molar-refractivity contribution in [3.63, 3.8) is 0 Å². The summed E-state index contributed by atoms with van der Waals surface area (Å²) in [5, 5.41) is 0.272. The molecule has 1 aromatic rings. The lowest BCUT2D eigenvalue weighted by Crippen LogP contribution is -2.56. The minimum atomic E-state index is -3.59. The molecule has 2 fully saturated rings. The molecule has 5 nitrogen and oxygen atoms in total. The molecule has 0 amide bonds. The van der Waals surface area contributed by atoms with Gasteiger partial charge in [0.05, 0.1) is 5.02 Å². The number of pyridine rings is 1. The molecule has 0 saturated carbocycles. The lowest BCUT2D eigenvalue weighted by Gasteiger charge is -2.41. The van der Waals surface area contributed by atoms with E-state index in [9.17, 15) is 8.42 Å². The van der Waals surface area contributed by atoms with Crippen molar-refractivity contribution in [2.45, 2.75) is 36.7 Å². The monoisotopic (exact) mass is 349 g/mol. The number of hydrogen-bond acceptors (Lipinski definition) is 4. The van der Waals surface area contributed by atoms with Crippen LogP contribution in [0.5, 0.6) is 0 Å². The van der Waals surface area contributed by atoms with Gasteiger partial charge < -0.3 is 0 Å². The van der Waals surface area contributed by atoms with Crippen LogP contribution >= 0.6 is 23.2 Å². The normalized spacial score (nSPS) is 27.8. The third-order valence-corrected chi connectivity index (χ3v) is 6.89. The predicted octanol–water partition coefficient (Wildman–Crippen LogP) is 2.25. The van der Waals surface area contributed by atoms with Gasteiger partial charge in [0.2, 0.25) is 10.0 Å². The number of piperazine rings is 1. The van der Waals surface area contributed by atoms with Gasteiger partial charge in [0, 0.05) is 31.4 Å². The maximum absolute atomic E-state index is 12.8. The van der Waals surface area contributed by atoms with Crippen LogP contribution in [0.4, 0.5) is 0 Å². The lowest BCUT2D eigenvalue weighted by atomic mass is 10.1.